The average molecular weight is 578 g/mol. The summed E-state index contributed by atoms with van der Waals surface area (Å²) < 4.78 is 6.50. The molecule has 4 aliphatic rings. The monoisotopic (exact) mass is 577 g/mol. The lowest BCUT2D eigenvalue weighted by Crippen LogP contribution is -2.51. The van der Waals surface area contributed by atoms with Crippen LogP contribution in [-0.4, -0.2) is 78.2 Å². The summed E-state index contributed by atoms with van der Waals surface area (Å²) in [5, 5.41) is 12.2. The van der Waals surface area contributed by atoms with E-state index in [1.165, 1.54) is 59.9 Å². The van der Waals surface area contributed by atoms with E-state index in [9.17, 15) is 5.26 Å². The van der Waals surface area contributed by atoms with E-state index in [1.54, 1.807) is 0 Å². The molecule has 43 heavy (non-hydrogen) atoms. The number of nitrogens with zero attached hydrogens (tertiary/aromatic N) is 7. The minimum absolute atomic E-state index is 0.134. The van der Waals surface area contributed by atoms with Crippen LogP contribution in [0.1, 0.15) is 49.4 Å². The predicted molar refractivity (Wildman–Crippen MR) is 171 cm³/mol. The van der Waals surface area contributed by atoms with Crippen LogP contribution in [0.5, 0.6) is 6.01 Å². The third-order valence-corrected chi connectivity index (χ3v) is 9.92. The van der Waals surface area contributed by atoms with Gasteiger partial charge in [-0.1, -0.05) is 36.4 Å². The Balaban J connectivity index is 1.20. The third kappa shape index (κ3) is 5.63. The number of piperazine rings is 1. The maximum atomic E-state index is 9.59. The largest absolute Gasteiger partial charge is 0.463 e. The van der Waals surface area contributed by atoms with Crippen molar-refractivity contribution in [3.05, 3.63) is 65.5 Å². The van der Waals surface area contributed by atoms with Crippen LogP contribution in [0.15, 0.2) is 48.7 Å². The van der Waals surface area contributed by atoms with E-state index in [0.29, 0.717) is 19.0 Å². The number of fused-ring (bicyclic) bond motifs is 2. The Morgan fingerprint density at radius 3 is 2.63 bits per heavy atom. The molecule has 0 radical (unpaired) electrons. The number of hydrogen-bond acceptors (Lipinski definition) is 8. The number of aryl methyl sites for hydroxylation is 1. The standard InChI is InChI=1S/C35H43N7O/c1-3-16-40-20-21-42(22-28(40)11-15-36)33-29-12-19-41(31-10-5-9-27-8-4-7-26(2)32(27)31)23-30(29)37-34(38-33)43-25-35(13-14-35)24-39-17-6-18-39/h3-5,7-10,16,28H,6,11-14,17-25H2,1-2H3. The smallest absolute Gasteiger partial charge is 0.318 e. The lowest BCUT2D eigenvalue weighted by atomic mass is 9.99. The molecule has 1 atom stereocenters. The number of anilines is 2. The molecule has 3 aromatic rings. The molecule has 0 N–H and O–H groups in total. The highest BCUT2D eigenvalue weighted by atomic mass is 16.5. The second kappa shape index (κ2) is 11.7. The van der Waals surface area contributed by atoms with Gasteiger partial charge in [-0.05, 0) is 75.8 Å². The Morgan fingerprint density at radius 2 is 1.88 bits per heavy atom. The van der Waals surface area contributed by atoms with E-state index in [4.69, 9.17) is 14.7 Å². The highest BCUT2D eigenvalue weighted by Gasteiger charge is 2.46. The van der Waals surface area contributed by atoms with Crippen molar-refractivity contribution in [3.63, 3.8) is 0 Å². The topological polar surface area (TPSA) is 71.8 Å². The van der Waals surface area contributed by atoms with Crippen molar-refractivity contribution >= 4 is 22.3 Å². The third-order valence-electron chi connectivity index (χ3n) is 9.92. The first-order valence-corrected chi connectivity index (χ1v) is 16.0. The van der Waals surface area contributed by atoms with Gasteiger partial charge in [0.25, 0.3) is 0 Å². The highest BCUT2D eigenvalue weighted by molar-refractivity contribution is 5.97. The van der Waals surface area contributed by atoms with Gasteiger partial charge in [0.05, 0.1) is 37.4 Å². The van der Waals surface area contributed by atoms with Crippen molar-refractivity contribution < 1.29 is 4.74 Å². The number of ether oxygens (including phenoxy) is 1. The number of likely N-dealkylation sites (tertiary alicyclic amines) is 1. The van der Waals surface area contributed by atoms with Crippen LogP contribution in [0.25, 0.3) is 10.8 Å². The molecule has 8 nitrogen and oxygen atoms in total. The lowest BCUT2D eigenvalue weighted by Gasteiger charge is -2.42. The molecule has 1 aromatic heterocycles. The minimum atomic E-state index is 0.134. The van der Waals surface area contributed by atoms with Crippen LogP contribution in [0.2, 0.25) is 0 Å². The van der Waals surface area contributed by atoms with E-state index in [2.05, 4.69) is 81.3 Å². The van der Waals surface area contributed by atoms with Crippen molar-refractivity contribution in [2.75, 3.05) is 62.2 Å². The molecular weight excluding hydrogens is 534 g/mol. The van der Waals surface area contributed by atoms with Gasteiger partial charge in [0.1, 0.15) is 5.82 Å². The van der Waals surface area contributed by atoms with Gasteiger partial charge in [-0.2, -0.15) is 15.2 Å². The summed E-state index contributed by atoms with van der Waals surface area (Å²) in [5.74, 6) is 1.00. The normalized spacial score (nSPS) is 21.5. The molecule has 7 rings (SSSR count). The molecule has 0 spiro atoms. The Hall–Kier alpha value is -3.83. The van der Waals surface area contributed by atoms with Gasteiger partial charge in [-0.15, -0.1) is 0 Å². The Labute approximate surface area is 255 Å². The fraction of sp³-hybridized carbons (Fsp3) is 0.514. The molecular formula is C35H43N7O. The van der Waals surface area contributed by atoms with Gasteiger partial charge in [-0.25, -0.2) is 0 Å². The van der Waals surface area contributed by atoms with Gasteiger partial charge in [0.15, 0.2) is 0 Å². The minimum Gasteiger partial charge on any atom is -0.463 e. The molecule has 1 unspecified atom stereocenters. The zero-order valence-electron chi connectivity index (χ0n) is 25.6. The first-order valence-electron chi connectivity index (χ1n) is 16.0. The number of rotatable bonds is 9. The lowest BCUT2D eigenvalue weighted by molar-refractivity contribution is 0.110. The van der Waals surface area contributed by atoms with Gasteiger partial charge in [0, 0.05) is 54.8 Å². The van der Waals surface area contributed by atoms with Gasteiger partial charge >= 0.3 is 6.01 Å². The second-order valence-electron chi connectivity index (χ2n) is 13.0. The highest BCUT2D eigenvalue weighted by Crippen LogP contribution is 2.47. The van der Waals surface area contributed by atoms with Gasteiger partial charge in [-0.3, -0.25) is 0 Å². The molecule has 8 heteroatoms. The molecule has 1 aliphatic carbocycles. The van der Waals surface area contributed by atoms with Crippen LogP contribution in [0.4, 0.5) is 11.5 Å². The molecule has 4 heterocycles. The fourth-order valence-electron chi connectivity index (χ4n) is 7.18. The van der Waals surface area contributed by atoms with Gasteiger partial charge < -0.3 is 24.3 Å². The number of hydrogen-bond donors (Lipinski definition) is 0. The quantitative estimate of drug-likeness (QED) is 0.339. The summed E-state index contributed by atoms with van der Waals surface area (Å²) in [5.41, 5.74) is 5.12. The van der Waals surface area contributed by atoms with Gasteiger partial charge in [0.2, 0.25) is 0 Å². The molecule has 3 aliphatic heterocycles. The summed E-state index contributed by atoms with van der Waals surface area (Å²) in [6, 6.07) is 16.2. The number of aromatic nitrogens is 2. The first-order chi connectivity index (χ1) is 21.1. The molecule has 1 saturated carbocycles. The van der Waals surface area contributed by atoms with Crippen molar-refractivity contribution in [2.45, 2.75) is 58.5 Å². The fourth-order valence-corrected chi connectivity index (χ4v) is 7.18. The second-order valence-corrected chi connectivity index (χ2v) is 13.0. The molecule has 224 valence electrons. The predicted octanol–water partition coefficient (Wildman–Crippen LogP) is 5.30. The Morgan fingerprint density at radius 1 is 1.05 bits per heavy atom. The molecule has 2 aromatic carbocycles. The van der Waals surface area contributed by atoms with Crippen LogP contribution in [-0.2, 0) is 13.0 Å². The zero-order chi connectivity index (χ0) is 29.4. The Bertz CT molecular complexity index is 1550. The van der Waals surface area contributed by atoms with Crippen LogP contribution < -0.4 is 14.5 Å². The SMILES string of the molecule is CC=CN1CCN(c2nc(OCC3(CN4CCC4)CC3)nc3c2CCN(c2cccc4cccc(C)c24)C3)CC1CC#N. The first kappa shape index (κ1) is 28.0. The van der Waals surface area contributed by atoms with Crippen molar-refractivity contribution in [3.8, 4) is 12.1 Å². The van der Waals surface area contributed by atoms with Crippen molar-refractivity contribution in [1.29, 1.82) is 5.26 Å². The summed E-state index contributed by atoms with van der Waals surface area (Å²) in [6.07, 6.45) is 9.32. The summed E-state index contributed by atoms with van der Waals surface area (Å²) in [7, 11) is 0. The summed E-state index contributed by atoms with van der Waals surface area (Å²) in [6.45, 7) is 12.6. The summed E-state index contributed by atoms with van der Waals surface area (Å²) >= 11 is 0. The van der Waals surface area contributed by atoms with E-state index in [1.807, 2.05) is 6.92 Å². The number of benzene rings is 2. The molecule has 0 bridgehead atoms. The van der Waals surface area contributed by atoms with Crippen LogP contribution in [0, 0.1) is 23.7 Å². The number of nitriles is 1. The van der Waals surface area contributed by atoms with E-state index in [0.717, 1.165) is 57.2 Å². The van der Waals surface area contributed by atoms with Crippen molar-refractivity contribution in [2.24, 2.45) is 5.41 Å². The zero-order valence-corrected chi connectivity index (χ0v) is 25.6. The van der Waals surface area contributed by atoms with Crippen LogP contribution >= 0.6 is 0 Å². The van der Waals surface area contributed by atoms with E-state index >= 15 is 0 Å². The van der Waals surface area contributed by atoms with E-state index in [-0.39, 0.29) is 11.5 Å². The van der Waals surface area contributed by atoms with E-state index < -0.39 is 0 Å². The molecule has 3 fully saturated rings. The summed E-state index contributed by atoms with van der Waals surface area (Å²) in [4.78, 5) is 20.0. The maximum absolute atomic E-state index is 9.59. The average Bonchev–Trinajstić information content (AvgIpc) is 3.78. The molecule has 0 amide bonds. The number of allylic oxidation sites excluding steroid dienone is 1. The van der Waals surface area contributed by atoms with Crippen LogP contribution in [0.3, 0.4) is 0 Å². The Kier molecular flexibility index (Phi) is 7.60. The maximum Gasteiger partial charge on any atom is 0.318 e. The van der Waals surface area contributed by atoms with Crippen molar-refractivity contribution in [1.82, 2.24) is 19.8 Å². The molecule has 2 saturated heterocycles.